The molecule has 0 heterocycles. The minimum absolute atomic E-state index is 0.724. The van der Waals surface area contributed by atoms with Gasteiger partial charge in [-0.15, -0.1) is 0 Å². The minimum atomic E-state index is -1.79. The highest BCUT2D eigenvalue weighted by Gasteiger charge is 2.02. The molecule has 0 fully saturated rings. The van der Waals surface area contributed by atoms with E-state index in [9.17, 15) is 4.21 Å². The monoisotopic (exact) mass is 347 g/mol. The summed E-state index contributed by atoms with van der Waals surface area (Å²) in [5.74, 6) is 0. The summed E-state index contributed by atoms with van der Waals surface area (Å²) >= 11 is -1.79. The fourth-order valence-electron chi connectivity index (χ4n) is 2.96. The second-order valence-electron chi connectivity index (χ2n) is 6.89. The van der Waals surface area contributed by atoms with Crippen molar-refractivity contribution in [2.75, 3.05) is 13.6 Å². The summed E-state index contributed by atoms with van der Waals surface area (Å²) in [6.45, 7) is 3.00. The standard InChI is InChI=1S/C19H41NO2S/c1-3-4-5-6-7-8-9-10-11-12-13-14-15-16-17-18-19-20(2)23(21)22/h3-19H2,1-2H3,(H,21,22). The summed E-state index contributed by atoms with van der Waals surface area (Å²) in [6.07, 6.45) is 21.8. The minimum Gasteiger partial charge on any atom is -0.294 e. The Balaban J connectivity index is 3.04. The number of hydrogen-bond acceptors (Lipinski definition) is 1. The van der Waals surface area contributed by atoms with Crippen molar-refractivity contribution in [3.63, 3.8) is 0 Å². The van der Waals surface area contributed by atoms with Crippen LogP contribution in [0.5, 0.6) is 0 Å². The first-order valence-corrected chi connectivity index (χ1v) is 11.1. The molecule has 0 aliphatic carbocycles. The summed E-state index contributed by atoms with van der Waals surface area (Å²) < 4.78 is 21.1. The van der Waals surface area contributed by atoms with Gasteiger partial charge in [-0.05, 0) is 6.42 Å². The third-order valence-corrected chi connectivity index (χ3v) is 5.31. The predicted octanol–water partition coefficient (Wildman–Crippen LogP) is 6.32. The molecule has 0 spiro atoms. The first-order chi connectivity index (χ1) is 11.2. The second-order valence-corrected chi connectivity index (χ2v) is 7.97. The SMILES string of the molecule is CCCCCCCCCCCCCCCCCCN(C)S(=O)O. The summed E-state index contributed by atoms with van der Waals surface area (Å²) in [7, 11) is 1.70. The van der Waals surface area contributed by atoms with E-state index >= 15 is 0 Å². The van der Waals surface area contributed by atoms with Crippen LogP contribution in [-0.4, -0.2) is 26.7 Å². The Labute approximate surface area is 148 Å². The molecule has 4 heteroatoms. The van der Waals surface area contributed by atoms with Gasteiger partial charge >= 0.3 is 0 Å². The molecule has 0 amide bonds. The van der Waals surface area contributed by atoms with Gasteiger partial charge in [0.1, 0.15) is 0 Å². The van der Waals surface area contributed by atoms with Gasteiger partial charge in [0.05, 0.1) is 0 Å². The molecule has 0 saturated carbocycles. The lowest BCUT2D eigenvalue weighted by atomic mass is 10.0. The lowest BCUT2D eigenvalue weighted by Crippen LogP contribution is -2.21. The molecule has 0 rings (SSSR count). The van der Waals surface area contributed by atoms with Crippen molar-refractivity contribution in [2.45, 2.75) is 110 Å². The van der Waals surface area contributed by atoms with E-state index in [1.165, 1.54) is 101 Å². The van der Waals surface area contributed by atoms with Gasteiger partial charge in [-0.2, -0.15) is 0 Å². The highest BCUT2D eigenvalue weighted by Crippen LogP contribution is 2.13. The molecule has 3 nitrogen and oxygen atoms in total. The highest BCUT2D eigenvalue weighted by molar-refractivity contribution is 7.76. The fourth-order valence-corrected chi connectivity index (χ4v) is 3.25. The Hall–Kier alpha value is 0.0700. The van der Waals surface area contributed by atoms with Crippen LogP contribution in [0.4, 0.5) is 0 Å². The smallest absolute Gasteiger partial charge is 0.234 e. The van der Waals surface area contributed by atoms with Crippen molar-refractivity contribution in [1.82, 2.24) is 4.31 Å². The van der Waals surface area contributed by atoms with Gasteiger partial charge in [0.25, 0.3) is 0 Å². The van der Waals surface area contributed by atoms with Crippen LogP contribution in [0.25, 0.3) is 0 Å². The Kier molecular flexibility index (Phi) is 18.5. The molecule has 0 radical (unpaired) electrons. The molecule has 0 aromatic carbocycles. The van der Waals surface area contributed by atoms with E-state index in [0.29, 0.717) is 0 Å². The normalized spacial score (nSPS) is 12.9. The summed E-state index contributed by atoms with van der Waals surface area (Å²) in [5.41, 5.74) is 0. The van der Waals surface area contributed by atoms with Gasteiger partial charge in [0.15, 0.2) is 0 Å². The van der Waals surface area contributed by atoms with Crippen LogP contribution in [0.3, 0.4) is 0 Å². The first kappa shape index (κ1) is 23.1. The largest absolute Gasteiger partial charge is 0.294 e. The molecule has 0 bridgehead atoms. The lowest BCUT2D eigenvalue weighted by Gasteiger charge is -2.10. The Morgan fingerprint density at radius 3 is 1.26 bits per heavy atom. The molecule has 1 N–H and O–H groups in total. The molecule has 0 aliphatic heterocycles. The van der Waals surface area contributed by atoms with Crippen molar-refractivity contribution in [2.24, 2.45) is 0 Å². The third-order valence-electron chi connectivity index (χ3n) is 4.59. The molecule has 1 atom stereocenters. The zero-order chi connectivity index (χ0) is 17.2. The molecule has 0 aromatic heterocycles. The van der Waals surface area contributed by atoms with Gasteiger partial charge in [0.2, 0.25) is 11.3 Å². The lowest BCUT2D eigenvalue weighted by molar-refractivity contribution is 0.431. The van der Waals surface area contributed by atoms with E-state index in [4.69, 9.17) is 4.55 Å². The second kappa shape index (κ2) is 18.4. The van der Waals surface area contributed by atoms with Crippen LogP contribution in [0.15, 0.2) is 0 Å². The third kappa shape index (κ3) is 18.3. The topological polar surface area (TPSA) is 40.5 Å². The predicted molar refractivity (Wildman–Crippen MR) is 103 cm³/mol. The maximum Gasteiger partial charge on any atom is 0.234 e. The highest BCUT2D eigenvalue weighted by atomic mass is 32.2. The van der Waals surface area contributed by atoms with Crippen LogP contribution in [0.2, 0.25) is 0 Å². The zero-order valence-electron chi connectivity index (χ0n) is 15.7. The maximum absolute atomic E-state index is 10.7. The van der Waals surface area contributed by atoms with E-state index in [0.717, 1.165) is 13.0 Å². The zero-order valence-corrected chi connectivity index (χ0v) is 16.5. The molecule has 0 saturated heterocycles. The van der Waals surface area contributed by atoms with Crippen LogP contribution in [0, 0.1) is 0 Å². The van der Waals surface area contributed by atoms with Gasteiger partial charge in [-0.25, -0.2) is 8.51 Å². The number of hydrogen-bond donors (Lipinski definition) is 1. The van der Waals surface area contributed by atoms with Gasteiger partial charge in [-0.3, -0.25) is 4.55 Å². The van der Waals surface area contributed by atoms with Crippen molar-refractivity contribution >= 4 is 11.3 Å². The van der Waals surface area contributed by atoms with Crippen molar-refractivity contribution in [3.8, 4) is 0 Å². The Bertz CT molecular complexity index is 262. The van der Waals surface area contributed by atoms with E-state index in [1.54, 1.807) is 7.05 Å². The van der Waals surface area contributed by atoms with E-state index in [1.807, 2.05) is 0 Å². The van der Waals surface area contributed by atoms with E-state index in [2.05, 4.69) is 6.92 Å². The van der Waals surface area contributed by atoms with Crippen LogP contribution in [0.1, 0.15) is 110 Å². The molecule has 0 aliphatic rings. The summed E-state index contributed by atoms with van der Waals surface area (Å²) in [6, 6.07) is 0. The van der Waals surface area contributed by atoms with Gasteiger partial charge in [0, 0.05) is 13.6 Å². The molecule has 140 valence electrons. The summed E-state index contributed by atoms with van der Waals surface area (Å²) in [5, 5.41) is 0. The maximum atomic E-state index is 10.7. The Morgan fingerprint density at radius 2 is 0.957 bits per heavy atom. The van der Waals surface area contributed by atoms with E-state index < -0.39 is 11.3 Å². The molecule has 1 unspecified atom stereocenters. The van der Waals surface area contributed by atoms with Crippen LogP contribution >= 0.6 is 0 Å². The average molecular weight is 348 g/mol. The number of nitrogens with zero attached hydrogens (tertiary/aromatic N) is 1. The van der Waals surface area contributed by atoms with Gasteiger partial charge in [-0.1, -0.05) is 103 Å². The fraction of sp³-hybridized carbons (Fsp3) is 1.00. The summed E-state index contributed by atoms with van der Waals surface area (Å²) in [4.78, 5) is 0. The molecule has 23 heavy (non-hydrogen) atoms. The first-order valence-electron chi connectivity index (χ1n) is 10.0. The molecule has 0 aromatic rings. The van der Waals surface area contributed by atoms with Crippen molar-refractivity contribution in [3.05, 3.63) is 0 Å². The number of unbranched alkanes of at least 4 members (excludes halogenated alkanes) is 15. The average Bonchev–Trinajstić information content (AvgIpc) is 2.54. The van der Waals surface area contributed by atoms with Crippen LogP contribution in [-0.2, 0) is 11.3 Å². The molecular formula is C19H41NO2S. The van der Waals surface area contributed by atoms with Crippen molar-refractivity contribution in [1.29, 1.82) is 0 Å². The quantitative estimate of drug-likeness (QED) is 0.233. The van der Waals surface area contributed by atoms with Crippen LogP contribution < -0.4 is 0 Å². The Morgan fingerprint density at radius 1 is 0.652 bits per heavy atom. The van der Waals surface area contributed by atoms with Gasteiger partial charge < -0.3 is 0 Å². The van der Waals surface area contributed by atoms with Crippen molar-refractivity contribution < 1.29 is 8.76 Å². The van der Waals surface area contributed by atoms with E-state index in [-0.39, 0.29) is 0 Å². The molecular weight excluding hydrogens is 306 g/mol. The number of rotatable bonds is 18.